The lowest BCUT2D eigenvalue weighted by Crippen LogP contribution is -2.17. The first-order valence-electron chi connectivity index (χ1n) is 5.90. The van der Waals surface area contributed by atoms with Gasteiger partial charge in [0.25, 0.3) is 5.91 Å². The SMILES string of the molecule is CCn1cc(N)cc1C(=O)Nc1ncc(Br)cc1C. The molecule has 0 saturated carbocycles. The summed E-state index contributed by atoms with van der Waals surface area (Å²) in [7, 11) is 0. The van der Waals surface area contributed by atoms with Gasteiger partial charge in [0.1, 0.15) is 11.5 Å². The van der Waals surface area contributed by atoms with Gasteiger partial charge in [0, 0.05) is 23.4 Å². The molecule has 0 aliphatic heterocycles. The lowest BCUT2D eigenvalue weighted by molar-refractivity contribution is 0.101. The van der Waals surface area contributed by atoms with Crippen LogP contribution >= 0.6 is 15.9 Å². The number of hydrogen-bond acceptors (Lipinski definition) is 3. The molecule has 0 spiro atoms. The highest BCUT2D eigenvalue weighted by molar-refractivity contribution is 9.10. The fourth-order valence-electron chi connectivity index (χ4n) is 1.83. The van der Waals surface area contributed by atoms with Gasteiger partial charge in [-0.15, -0.1) is 0 Å². The van der Waals surface area contributed by atoms with E-state index in [0.29, 0.717) is 23.7 Å². The van der Waals surface area contributed by atoms with Crippen LogP contribution in [0.4, 0.5) is 11.5 Å². The van der Waals surface area contributed by atoms with E-state index in [9.17, 15) is 4.79 Å². The summed E-state index contributed by atoms with van der Waals surface area (Å²) in [6.45, 7) is 4.53. The lowest BCUT2D eigenvalue weighted by Gasteiger charge is -2.09. The lowest BCUT2D eigenvalue weighted by atomic mass is 10.3. The van der Waals surface area contributed by atoms with Gasteiger partial charge < -0.3 is 15.6 Å². The van der Waals surface area contributed by atoms with Crippen LogP contribution in [0.15, 0.2) is 29.0 Å². The number of halogens is 1. The molecule has 100 valence electrons. The minimum Gasteiger partial charge on any atom is -0.397 e. The van der Waals surface area contributed by atoms with E-state index in [1.807, 2.05) is 19.9 Å². The Morgan fingerprint density at radius 2 is 2.26 bits per heavy atom. The molecule has 0 saturated heterocycles. The third kappa shape index (κ3) is 2.96. The van der Waals surface area contributed by atoms with E-state index in [1.165, 1.54) is 0 Å². The van der Waals surface area contributed by atoms with Crippen LogP contribution in [0.25, 0.3) is 0 Å². The van der Waals surface area contributed by atoms with Crippen LogP contribution in [0, 0.1) is 6.92 Å². The van der Waals surface area contributed by atoms with Gasteiger partial charge in [-0.25, -0.2) is 4.98 Å². The van der Waals surface area contributed by atoms with Gasteiger partial charge in [0.15, 0.2) is 0 Å². The molecular formula is C13H15BrN4O. The maximum absolute atomic E-state index is 12.2. The number of pyridine rings is 1. The Hall–Kier alpha value is -1.82. The highest BCUT2D eigenvalue weighted by atomic mass is 79.9. The van der Waals surface area contributed by atoms with E-state index in [4.69, 9.17) is 5.73 Å². The van der Waals surface area contributed by atoms with Gasteiger partial charge in [0.2, 0.25) is 0 Å². The maximum atomic E-state index is 12.2. The van der Waals surface area contributed by atoms with Crippen molar-refractivity contribution in [1.29, 1.82) is 0 Å². The molecule has 2 rings (SSSR count). The van der Waals surface area contributed by atoms with Gasteiger partial charge in [-0.2, -0.15) is 0 Å². The molecule has 0 radical (unpaired) electrons. The normalized spacial score (nSPS) is 10.5. The Labute approximate surface area is 120 Å². The average molecular weight is 323 g/mol. The van der Waals surface area contributed by atoms with Crippen LogP contribution in [0.2, 0.25) is 0 Å². The number of carbonyl (C=O) groups excluding carboxylic acids is 1. The second-order valence-electron chi connectivity index (χ2n) is 4.22. The van der Waals surface area contributed by atoms with Gasteiger partial charge in [-0.05, 0) is 47.5 Å². The Bertz CT molecular complexity index is 621. The van der Waals surface area contributed by atoms with Gasteiger partial charge in [-0.1, -0.05) is 0 Å². The molecule has 0 bridgehead atoms. The van der Waals surface area contributed by atoms with Crippen LogP contribution in [0.3, 0.4) is 0 Å². The summed E-state index contributed by atoms with van der Waals surface area (Å²) < 4.78 is 2.68. The number of nitrogens with one attached hydrogen (secondary N) is 1. The standard InChI is InChI=1S/C13H15BrN4O/c1-3-18-7-10(15)5-11(18)13(19)17-12-8(2)4-9(14)6-16-12/h4-7H,3,15H2,1-2H3,(H,16,17,19). The fraction of sp³-hybridized carbons (Fsp3) is 0.231. The third-order valence-corrected chi connectivity index (χ3v) is 3.20. The first kappa shape index (κ1) is 13.6. The van der Waals surface area contributed by atoms with Crippen molar-refractivity contribution in [3.05, 3.63) is 40.3 Å². The molecule has 2 aromatic rings. The number of nitrogens with zero attached hydrogens (tertiary/aromatic N) is 2. The Morgan fingerprint density at radius 1 is 1.53 bits per heavy atom. The van der Waals surface area contributed by atoms with E-state index in [2.05, 4.69) is 26.2 Å². The van der Waals surface area contributed by atoms with Crippen LogP contribution in [-0.4, -0.2) is 15.5 Å². The minimum atomic E-state index is -0.212. The Kier molecular flexibility index (Phi) is 3.90. The predicted octanol–water partition coefficient (Wildman–Crippen LogP) is 2.81. The molecule has 19 heavy (non-hydrogen) atoms. The van der Waals surface area contributed by atoms with Crippen molar-refractivity contribution in [3.8, 4) is 0 Å². The largest absolute Gasteiger partial charge is 0.397 e. The molecule has 0 atom stereocenters. The number of rotatable bonds is 3. The number of amides is 1. The first-order valence-corrected chi connectivity index (χ1v) is 6.69. The number of aryl methyl sites for hydroxylation is 2. The second-order valence-corrected chi connectivity index (χ2v) is 5.13. The van der Waals surface area contributed by atoms with Crippen LogP contribution < -0.4 is 11.1 Å². The molecule has 2 heterocycles. The van der Waals surface area contributed by atoms with Gasteiger partial charge in [0.05, 0.1) is 5.69 Å². The van der Waals surface area contributed by atoms with Crippen molar-refractivity contribution in [3.63, 3.8) is 0 Å². The predicted molar refractivity (Wildman–Crippen MR) is 79.1 cm³/mol. The molecule has 1 amide bonds. The molecule has 5 nitrogen and oxygen atoms in total. The van der Waals surface area contributed by atoms with E-state index in [0.717, 1.165) is 10.0 Å². The van der Waals surface area contributed by atoms with Crippen LogP contribution in [0.1, 0.15) is 23.0 Å². The number of anilines is 2. The molecule has 0 aliphatic rings. The highest BCUT2D eigenvalue weighted by Gasteiger charge is 2.13. The first-order chi connectivity index (χ1) is 9.01. The van der Waals surface area contributed by atoms with Crippen LogP contribution in [0.5, 0.6) is 0 Å². The quantitative estimate of drug-likeness (QED) is 0.912. The number of nitrogens with two attached hydrogens (primary N) is 1. The van der Waals surface area contributed by atoms with Crippen molar-refractivity contribution in [2.75, 3.05) is 11.1 Å². The number of hydrogen-bond donors (Lipinski definition) is 2. The Morgan fingerprint density at radius 3 is 2.89 bits per heavy atom. The van der Waals surface area contributed by atoms with Crippen molar-refractivity contribution in [2.45, 2.75) is 20.4 Å². The van der Waals surface area contributed by atoms with Crippen molar-refractivity contribution >= 4 is 33.3 Å². The van der Waals surface area contributed by atoms with E-state index in [-0.39, 0.29) is 5.91 Å². The van der Waals surface area contributed by atoms with Crippen LogP contribution in [-0.2, 0) is 6.54 Å². The summed E-state index contributed by atoms with van der Waals surface area (Å²) in [5.74, 6) is 0.340. The zero-order valence-corrected chi connectivity index (χ0v) is 12.4. The Balaban J connectivity index is 2.25. The minimum absolute atomic E-state index is 0.212. The summed E-state index contributed by atoms with van der Waals surface area (Å²) in [6.07, 6.45) is 3.40. The number of nitrogen functional groups attached to an aromatic ring is 1. The van der Waals surface area contributed by atoms with Gasteiger partial charge in [-0.3, -0.25) is 4.79 Å². The summed E-state index contributed by atoms with van der Waals surface area (Å²) in [6, 6.07) is 3.56. The zero-order chi connectivity index (χ0) is 14.0. The molecular weight excluding hydrogens is 308 g/mol. The molecule has 2 aromatic heterocycles. The number of carbonyl (C=O) groups is 1. The average Bonchev–Trinajstić information content (AvgIpc) is 2.74. The summed E-state index contributed by atoms with van der Waals surface area (Å²) in [4.78, 5) is 16.4. The van der Waals surface area contributed by atoms with E-state index < -0.39 is 0 Å². The van der Waals surface area contributed by atoms with Crippen molar-refractivity contribution < 1.29 is 4.79 Å². The van der Waals surface area contributed by atoms with Gasteiger partial charge >= 0.3 is 0 Å². The summed E-state index contributed by atoms with van der Waals surface area (Å²) in [5, 5.41) is 2.79. The molecule has 3 N–H and O–H groups in total. The van der Waals surface area contributed by atoms with E-state index in [1.54, 1.807) is 23.0 Å². The fourth-order valence-corrected chi connectivity index (χ4v) is 2.27. The third-order valence-electron chi connectivity index (χ3n) is 2.77. The van der Waals surface area contributed by atoms with Crippen molar-refractivity contribution in [2.24, 2.45) is 0 Å². The summed E-state index contributed by atoms with van der Waals surface area (Å²) in [5.41, 5.74) is 7.72. The summed E-state index contributed by atoms with van der Waals surface area (Å²) >= 11 is 3.34. The van der Waals surface area contributed by atoms with Crippen molar-refractivity contribution in [1.82, 2.24) is 9.55 Å². The smallest absolute Gasteiger partial charge is 0.273 e. The molecule has 6 heteroatoms. The second kappa shape index (κ2) is 5.44. The maximum Gasteiger partial charge on any atom is 0.273 e. The zero-order valence-electron chi connectivity index (χ0n) is 10.8. The highest BCUT2D eigenvalue weighted by Crippen LogP contribution is 2.18. The molecule has 0 unspecified atom stereocenters. The topological polar surface area (TPSA) is 72.9 Å². The monoisotopic (exact) mass is 322 g/mol. The molecule has 0 aromatic carbocycles. The number of aromatic nitrogens is 2. The van der Waals surface area contributed by atoms with E-state index >= 15 is 0 Å². The molecule has 0 aliphatic carbocycles. The molecule has 0 fully saturated rings.